The summed E-state index contributed by atoms with van der Waals surface area (Å²) >= 11 is 0. The molecule has 0 unspecified atom stereocenters. The summed E-state index contributed by atoms with van der Waals surface area (Å²) in [6, 6.07) is 4.74. The predicted molar refractivity (Wildman–Crippen MR) is 105 cm³/mol. The molecule has 1 heterocycles. The van der Waals surface area contributed by atoms with E-state index < -0.39 is 17.5 Å². The lowest BCUT2D eigenvalue weighted by atomic mass is 9.81. The van der Waals surface area contributed by atoms with E-state index in [1.165, 1.54) is 11.8 Å². The molecule has 3 rings (SSSR count). The summed E-state index contributed by atoms with van der Waals surface area (Å²) in [6.45, 7) is 2.90. The Bertz CT molecular complexity index is 829. The Hall–Kier alpha value is -2.90. The molecule has 1 aromatic carbocycles. The molecule has 1 aromatic rings. The van der Waals surface area contributed by atoms with Gasteiger partial charge in [0.25, 0.3) is 5.91 Å². The molecule has 1 aliphatic carbocycles. The van der Waals surface area contributed by atoms with Crippen molar-refractivity contribution in [1.82, 2.24) is 9.80 Å². The molecule has 1 saturated carbocycles. The molecule has 0 aromatic heterocycles. The molecule has 150 valence electrons. The highest BCUT2D eigenvalue weighted by atomic mass is 16.2. The normalized spacial score (nSPS) is 18.5. The number of carbonyl (C=O) groups is 4. The maximum absolute atomic E-state index is 13.0. The molecule has 8 heteroatoms. The van der Waals surface area contributed by atoms with Crippen LogP contribution in [0.5, 0.6) is 0 Å². The van der Waals surface area contributed by atoms with Crippen LogP contribution in [-0.4, -0.2) is 52.7 Å². The van der Waals surface area contributed by atoms with Crippen LogP contribution in [0.25, 0.3) is 0 Å². The van der Waals surface area contributed by atoms with Gasteiger partial charge in [-0.1, -0.05) is 25.3 Å². The SMILES string of the molecule is CC(=O)Nc1ccc(C)c(NC(=O)CN2C(=O)N(C)C3(CCCCC3)C2=O)c1. The number of urea groups is 1. The third-order valence-electron chi connectivity index (χ3n) is 5.62. The molecule has 28 heavy (non-hydrogen) atoms. The number of hydrogen-bond acceptors (Lipinski definition) is 4. The van der Waals surface area contributed by atoms with Crippen LogP contribution in [0.3, 0.4) is 0 Å². The lowest BCUT2D eigenvalue weighted by molar-refractivity contribution is -0.136. The van der Waals surface area contributed by atoms with Gasteiger partial charge in [0.1, 0.15) is 12.1 Å². The summed E-state index contributed by atoms with van der Waals surface area (Å²) in [7, 11) is 1.64. The van der Waals surface area contributed by atoms with E-state index in [1.54, 1.807) is 25.2 Å². The standard InChI is InChI=1S/C20H26N4O4/c1-13-7-8-15(21-14(2)25)11-16(13)22-17(26)12-24-18(27)20(23(3)19(24)28)9-5-4-6-10-20/h7-8,11H,4-6,9-10,12H2,1-3H3,(H,21,25)(H,22,26). The second-order valence-corrected chi connectivity index (χ2v) is 7.58. The molecule has 2 fully saturated rings. The van der Waals surface area contributed by atoms with E-state index in [-0.39, 0.29) is 18.4 Å². The van der Waals surface area contributed by atoms with Gasteiger partial charge in [0.05, 0.1) is 0 Å². The molecular weight excluding hydrogens is 360 g/mol. The van der Waals surface area contributed by atoms with Gasteiger partial charge in [0.15, 0.2) is 0 Å². The molecule has 5 amide bonds. The second kappa shape index (κ2) is 7.61. The van der Waals surface area contributed by atoms with E-state index in [0.717, 1.165) is 29.7 Å². The van der Waals surface area contributed by atoms with Crippen LogP contribution in [0.4, 0.5) is 16.2 Å². The fourth-order valence-electron chi connectivity index (χ4n) is 4.04. The number of imide groups is 1. The Kier molecular flexibility index (Phi) is 5.40. The van der Waals surface area contributed by atoms with E-state index >= 15 is 0 Å². The molecule has 0 bridgehead atoms. The molecular formula is C20H26N4O4. The van der Waals surface area contributed by atoms with Gasteiger partial charge in [0.2, 0.25) is 11.8 Å². The third kappa shape index (κ3) is 3.58. The minimum absolute atomic E-state index is 0.213. The quantitative estimate of drug-likeness (QED) is 0.777. The highest BCUT2D eigenvalue weighted by Gasteiger charge is 2.55. The molecule has 0 atom stereocenters. The van der Waals surface area contributed by atoms with Gasteiger partial charge in [-0.2, -0.15) is 0 Å². The number of benzene rings is 1. The summed E-state index contributed by atoms with van der Waals surface area (Å²) in [6.07, 6.45) is 4.15. The third-order valence-corrected chi connectivity index (χ3v) is 5.62. The van der Waals surface area contributed by atoms with Gasteiger partial charge in [-0.15, -0.1) is 0 Å². The number of hydrogen-bond donors (Lipinski definition) is 2. The van der Waals surface area contributed by atoms with Crippen LogP contribution in [0.2, 0.25) is 0 Å². The Morgan fingerprint density at radius 3 is 2.43 bits per heavy atom. The maximum atomic E-state index is 13.0. The van der Waals surface area contributed by atoms with Gasteiger partial charge in [0, 0.05) is 25.3 Å². The van der Waals surface area contributed by atoms with Crippen LogP contribution in [0.15, 0.2) is 18.2 Å². The first-order chi connectivity index (χ1) is 13.2. The summed E-state index contributed by atoms with van der Waals surface area (Å²) in [5.74, 6) is -0.945. The summed E-state index contributed by atoms with van der Waals surface area (Å²) < 4.78 is 0. The van der Waals surface area contributed by atoms with Crippen LogP contribution in [-0.2, 0) is 14.4 Å². The number of aryl methyl sites for hydroxylation is 1. The fraction of sp³-hybridized carbons (Fsp3) is 0.500. The maximum Gasteiger partial charge on any atom is 0.327 e. The Labute approximate surface area is 164 Å². The first-order valence-electron chi connectivity index (χ1n) is 9.52. The Morgan fingerprint density at radius 2 is 1.79 bits per heavy atom. The van der Waals surface area contributed by atoms with Crippen molar-refractivity contribution < 1.29 is 19.2 Å². The Balaban J connectivity index is 1.72. The predicted octanol–water partition coefficient (Wildman–Crippen LogP) is 2.49. The summed E-state index contributed by atoms with van der Waals surface area (Å²) in [4.78, 5) is 51.9. The van der Waals surface area contributed by atoms with Crippen molar-refractivity contribution in [2.75, 3.05) is 24.2 Å². The van der Waals surface area contributed by atoms with Crippen LogP contribution >= 0.6 is 0 Å². The topological polar surface area (TPSA) is 98.8 Å². The first kappa shape index (κ1) is 19.9. The summed E-state index contributed by atoms with van der Waals surface area (Å²) in [5, 5.41) is 5.41. The highest BCUT2D eigenvalue weighted by Crippen LogP contribution is 2.39. The zero-order valence-electron chi connectivity index (χ0n) is 16.5. The zero-order valence-corrected chi connectivity index (χ0v) is 16.5. The minimum atomic E-state index is -0.795. The number of nitrogens with one attached hydrogen (secondary N) is 2. The van der Waals surface area contributed by atoms with Crippen molar-refractivity contribution in [1.29, 1.82) is 0 Å². The smallest absolute Gasteiger partial charge is 0.326 e. The van der Waals surface area contributed by atoms with Crippen molar-refractivity contribution in [3.05, 3.63) is 23.8 Å². The fourth-order valence-corrected chi connectivity index (χ4v) is 4.04. The van der Waals surface area contributed by atoms with Crippen LogP contribution in [0, 0.1) is 6.92 Å². The number of likely N-dealkylation sites (N-methyl/N-ethyl adjacent to an activating group) is 1. The molecule has 1 spiro atoms. The average molecular weight is 386 g/mol. The molecule has 8 nitrogen and oxygen atoms in total. The van der Waals surface area contributed by atoms with Gasteiger partial charge in [-0.3, -0.25) is 19.3 Å². The average Bonchev–Trinajstić information content (AvgIpc) is 2.81. The van der Waals surface area contributed by atoms with Gasteiger partial charge in [-0.05, 0) is 37.5 Å². The molecule has 2 N–H and O–H groups in total. The lowest BCUT2D eigenvalue weighted by Gasteiger charge is -2.35. The largest absolute Gasteiger partial charge is 0.327 e. The van der Waals surface area contributed by atoms with Gasteiger partial charge in [-0.25, -0.2) is 4.79 Å². The number of rotatable bonds is 4. The van der Waals surface area contributed by atoms with E-state index in [1.807, 2.05) is 6.92 Å². The second-order valence-electron chi connectivity index (χ2n) is 7.58. The number of anilines is 2. The van der Waals surface area contributed by atoms with Crippen molar-refractivity contribution in [3.8, 4) is 0 Å². The minimum Gasteiger partial charge on any atom is -0.326 e. The number of amides is 5. The molecule has 1 saturated heterocycles. The van der Waals surface area contributed by atoms with Crippen molar-refractivity contribution in [3.63, 3.8) is 0 Å². The van der Waals surface area contributed by atoms with Crippen molar-refractivity contribution >= 4 is 35.1 Å². The lowest BCUT2D eigenvalue weighted by Crippen LogP contribution is -2.49. The van der Waals surface area contributed by atoms with Crippen molar-refractivity contribution in [2.24, 2.45) is 0 Å². The van der Waals surface area contributed by atoms with Gasteiger partial charge < -0.3 is 15.5 Å². The highest BCUT2D eigenvalue weighted by molar-refractivity contribution is 6.10. The van der Waals surface area contributed by atoms with E-state index in [4.69, 9.17) is 0 Å². The summed E-state index contributed by atoms with van der Waals surface area (Å²) in [5.41, 5.74) is 1.10. The first-order valence-corrected chi connectivity index (χ1v) is 9.52. The number of carbonyl (C=O) groups excluding carboxylic acids is 4. The van der Waals surface area contributed by atoms with Gasteiger partial charge >= 0.3 is 6.03 Å². The van der Waals surface area contributed by atoms with E-state index in [9.17, 15) is 19.2 Å². The van der Waals surface area contributed by atoms with E-state index in [2.05, 4.69) is 10.6 Å². The monoisotopic (exact) mass is 386 g/mol. The van der Waals surface area contributed by atoms with Crippen molar-refractivity contribution in [2.45, 2.75) is 51.5 Å². The van der Waals surface area contributed by atoms with Crippen LogP contribution < -0.4 is 10.6 Å². The Morgan fingerprint density at radius 1 is 1.11 bits per heavy atom. The van der Waals surface area contributed by atoms with Crippen LogP contribution in [0.1, 0.15) is 44.6 Å². The van der Waals surface area contributed by atoms with E-state index in [0.29, 0.717) is 24.2 Å². The zero-order chi connectivity index (χ0) is 20.5. The molecule has 2 aliphatic rings. The number of nitrogens with zero attached hydrogens (tertiary/aromatic N) is 2. The molecule has 0 radical (unpaired) electrons. The molecule has 1 aliphatic heterocycles.